The van der Waals surface area contributed by atoms with E-state index in [4.69, 9.17) is 19.9 Å². The molecule has 1 unspecified atom stereocenters. The van der Waals surface area contributed by atoms with Gasteiger partial charge in [-0.15, -0.1) is 0 Å². The second kappa shape index (κ2) is 5.16. The van der Waals surface area contributed by atoms with Crippen molar-refractivity contribution in [2.45, 2.75) is 12.5 Å². The topological polar surface area (TPSA) is 70.8 Å². The van der Waals surface area contributed by atoms with Gasteiger partial charge in [0, 0.05) is 25.1 Å². The molecule has 5 heteroatoms. The standard InChI is InChI=1S/C12H15NO4/c1-15-6-9(13)5-10(14)8-2-3-11-12(4-8)17-7-16-11/h2-4,9H,5-7,13H2,1H3. The molecule has 0 saturated carbocycles. The average molecular weight is 237 g/mol. The molecule has 2 rings (SSSR count). The highest BCUT2D eigenvalue weighted by Gasteiger charge is 2.17. The Bertz CT molecular complexity index is 419. The molecular weight excluding hydrogens is 222 g/mol. The van der Waals surface area contributed by atoms with Crippen molar-refractivity contribution < 1.29 is 19.0 Å². The third-order valence-corrected chi connectivity index (χ3v) is 2.52. The second-order valence-electron chi connectivity index (χ2n) is 3.91. The lowest BCUT2D eigenvalue weighted by Crippen LogP contribution is -2.28. The van der Waals surface area contributed by atoms with Crippen LogP contribution in [0.3, 0.4) is 0 Å². The molecule has 0 aliphatic carbocycles. The normalized spacial score (nSPS) is 14.7. The van der Waals surface area contributed by atoms with Crippen molar-refractivity contribution in [3.05, 3.63) is 23.8 Å². The second-order valence-corrected chi connectivity index (χ2v) is 3.91. The number of ether oxygens (including phenoxy) is 3. The van der Waals surface area contributed by atoms with Crippen LogP contribution in [-0.4, -0.2) is 32.3 Å². The molecule has 1 aliphatic heterocycles. The Balaban J connectivity index is 2.04. The fraction of sp³-hybridized carbons (Fsp3) is 0.417. The number of Topliss-reactive ketones (excluding diaryl/α,β-unsaturated/α-hetero) is 1. The van der Waals surface area contributed by atoms with Gasteiger partial charge in [-0.2, -0.15) is 0 Å². The monoisotopic (exact) mass is 237 g/mol. The minimum atomic E-state index is -0.280. The highest BCUT2D eigenvalue weighted by Crippen LogP contribution is 2.32. The maximum absolute atomic E-state index is 11.9. The number of carbonyl (C=O) groups excluding carboxylic acids is 1. The Hall–Kier alpha value is -1.59. The quantitative estimate of drug-likeness (QED) is 0.772. The fourth-order valence-corrected chi connectivity index (χ4v) is 1.70. The van der Waals surface area contributed by atoms with Crippen molar-refractivity contribution in [3.63, 3.8) is 0 Å². The first kappa shape index (κ1) is 11.9. The van der Waals surface area contributed by atoms with Crippen LogP contribution in [0.2, 0.25) is 0 Å². The molecule has 0 radical (unpaired) electrons. The van der Waals surface area contributed by atoms with E-state index in [1.807, 2.05) is 0 Å². The van der Waals surface area contributed by atoms with E-state index in [0.717, 1.165) is 0 Å². The minimum absolute atomic E-state index is 0.0205. The molecule has 0 amide bonds. The van der Waals surface area contributed by atoms with Gasteiger partial charge in [-0.25, -0.2) is 0 Å². The third kappa shape index (κ3) is 2.75. The Morgan fingerprint density at radius 2 is 2.24 bits per heavy atom. The first-order chi connectivity index (χ1) is 8.20. The Labute approximate surface area is 99.5 Å². The van der Waals surface area contributed by atoms with Crippen molar-refractivity contribution in [1.29, 1.82) is 0 Å². The Morgan fingerprint density at radius 1 is 1.47 bits per heavy atom. The van der Waals surface area contributed by atoms with Crippen LogP contribution in [0.25, 0.3) is 0 Å². The first-order valence-electron chi connectivity index (χ1n) is 5.38. The molecule has 0 fully saturated rings. The zero-order valence-electron chi connectivity index (χ0n) is 9.64. The lowest BCUT2D eigenvalue weighted by atomic mass is 10.0. The van der Waals surface area contributed by atoms with Gasteiger partial charge in [0.2, 0.25) is 6.79 Å². The van der Waals surface area contributed by atoms with Crippen molar-refractivity contribution in [3.8, 4) is 11.5 Å². The summed E-state index contributed by atoms with van der Waals surface area (Å²) in [4.78, 5) is 11.9. The van der Waals surface area contributed by atoms with Crippen LogP contribution in [0.5, 0.6) is 11.5 Å². The maximum Gasteiger partial charge on any atom is 0.231 e. The van der Waals surface area contributed by atoms with Gasteiger partial charge in [-0.3, -0.25) is 4.79 Å². The summed E-state index contributed by atoms with van der Waals surface area (Å²) in [6, 6.07) is 4.86. The van der Waals surface area contributed by atoms with Gasteiger partial charge in [-0.05, 0) is 18.2 Å². The summed E-state index contributed by atoms with van der Waals surface area (Å²) in [6.07, 6.45) is 0.257. The van der Waals surface area contributed by atoms with Gasteiger partial charge in [-0.1, -0.05) is 0 Å². The summed E-state index contributed by atoms with van der Waals surface area (Å²) in [5, 5.41) is 0. The van der Waals surface area contributed by atoms with Crippen LogP contribution in [0.4, 0.5) is 0 Å². The van der Waals surface area contributed by atoms with Crippen LogP contribution < -0.4 is 15.2 Å². The van der Waals surface area contributed by atoms with Crippen molar-refractivity contribution >= 4 is 5.78 Å². The van der Waals surface area contributed by atoms with Gasteiger partial charge in [0.25, 0.3) is 0 Å². The SMILES string of the molecule is COCC(N)CC(=O)c1ccc2c(c1)OCO2. The number of rotatable bonds is 5. The summed E-state index contributed by atoms with van der Waals surface area (Å²) in [5.41, 5.74) is 6.32. The predicted octanol–water partition coefficient (Wildman–Crippen LogP) is 0.962. The van der Waals surface area contributed by atoms with Crippen LogP contribution in [-0.2, 0) is 4.74 Å². The zero-order valence-corrected chi connectivity index (χ0v) is 9.64. The van der Waals surface area contributed by atoms with Gasteiger partial charge in [0.1, 0.15) is 0 Å². The number of hydrogen-bond acceptors (Lipinski definition) is 5. The summed E-state index contributed by atoms with van der Waals surface area (Å²) in [6.45, 7) is 0.576. The Kier molecular flexibility index (Phi) is 3.61. The first-order valence-corrected chi connectivity index (χ1v) is 5.38. The van der Waals surface area contributed by atoms with Crippen LogP contribution in [0, 0.1) is 0 Å². The zero-order chi connectivity index (χ0) is 12.3. The molecule has 0 spiro atoms. The van der Waals surface area contributed by atoms with Gasteiger partial charge >= 0.3 is 0 Å². The number of ketones is 1. The number of hydrogen-bond donors (Lipinski definition) is 1. The molecule has 1 aromatic carbocycles. The van der Waals surface area contributed by atoms with E-state index >= 15 is 0 Å². The fourth-order valence-electron chi connectivity index (χ4n) is 1.70. The van der Waals surface area contributed by atoms with Gasteiger partial charge in [0.05, 0.1) is 6.61 Å². The van der Waals surface area contributed by atoms with Crippen LogP contribution in [0.15, 0.2) is 18.2 Å². The number of fused-ring (bicyclic) bond motifs is 1. The van der Waals surface area contributed by atoms with Crippen molar-refractivity contribution in [1.82, 2.24) is 0 Å². The number of carbonyl (C=O) groups is 1. The molecule has 5 nitrogen and oxygen atoms in total. The molecule has 1 aliphatic rings. The van der Waals surface area contributed by atoms with Crippen molar-refractivity contribution in [2.24, 2.45) is 5.73 Å². The van der Waals surface area contributed by atoms with E-state index in [1.54, 1.807) is 25.3 Å². The molecule has 1 aromatic rings. The molecule has 0 saturated heterocycles. The molecule has 0 bridgehead atoms. The lowest BCUT2D eigenvalue weighted by molar-refractivity contribution is 0.0949. The maximum atomic E-state index is 11.9. The van der Waals surface area contributed by atoms with Gasteiger partial charge in [0.15, 0.2) is 17.3 Å². The van der Waals surface area contributed by atoms with E-state index in [-0.39, 0.29) is 25.0 Å². The molecular formula is C12H15NO4. The summed E-state index contributed by atoms with van der Waals surface area (Å²) >= 11 is 0. The number of benzene rings is 1. The smallest absolute Gasteiger partial charge is 0.231 e. The highest BCUT2D eigenvalue weighted by atomic mass is 16.7. The van der Waals surface area contributed by atoms with Crippen molar-refractivity contribution in [2.75, 3.05) is 20.5 Å². The summed E-state index contributed by atoms with van der Waals surface area (Å²) < 4.78 is 15.3. The lowest BCUT2D eigenvalue weighted by Gasteiger charge is -2.09. The largest absolute Gasteiger partial charge is 0.454 e. The molecule has 92 valence electrons. The third-order valence-electron chi connectivity index (χ3n) is 2.52. The van der Waals surface area contributed by atoms with E-state index in [1.165, 1.54) is 0 Å². The predicted molar refractivity (Wildman–Crippen MR) is 61.4 cm³/mol. The molecule has 0 aromatic heterocycles. The molecule has 17 heavy (non-hydrogen) atoms. The highest BCUT2D eigenvalue weighted by molar-refractivity contribution is 5.97. The van der Waals surface area contributed by atoms with Gasteiger partial charge < -0.3 is 19.9 Å². The molecule has 1 atom stereocenters. The van der Waals surface area contributed by atoms with Crippen LogP contribution in [0.1, 0.15) is 16.8 Å². The number of methoxy groups -OCH3 is 1. The number of nitrogens with two attached hydrogens (primary N) is 1. The van der Waals surface area contributed by atoms with Crippen LogP contribution >= 0.6 is 0 Å². The molecule has 2 N–H and O–H groups in total. The van der Waals surface area contributed by atoms with E-state index < -0.39 is 0 Å². The minimum Gasteiger partial charge on any atom is -0.454 e. The summed E-state index contributed by atoms with van der Waals surface area (Å²) in [5.74, 6) is 1.26. The van der Waals surface area contributed by atoms with E-state index in [9.17, 15) is 4.79 Å². The van der Waals surface area contributed by atoms with E-state index in [0.29, 0.717) is 23.7 Å². The van der Waals surface area contributed by atoms with E-state index in [2.05, 4.69) is 0 Å². The molecule has 1 heterocycles. The summed E-state index contributed by atoms with van der Waals surface area (Å²) in [7, 11) is 1.56. The average Bonchev–Trinajstić information content (AvgIpc) is 2.75. The Morgan fingerprint density at radius 3 is 3.00 bits per heavy atom.